The lowest BCUT2D eigenvalue weighted by molar-refractivity contribution is -0.123. The van der Waals surface area contributed by atoms with E-state index in [1.54, 1.807) is 11.9 Å². The van der Waals surface area contributed by atoms with Crippen LogP contribution < -0.4 is 20.1 Å². The second-order valence-corrected chi connectivity index (χ2v) is 7.66. The molecule has 3 rings (SSSR count). The van der Waals surface area contributed by atoms with Crippen LogP contribution in [0.15, 0.2) is 36.4 Å². The molecule has 0 fully saturated rings. The molecule has 0 aliphatic carbocycles. The fourth-order valence-electron chi connectivity index (χ4n) is 3.32. The predicted molar refractivity (Wildman–Crippen MR) is 116 cm³/mol. The van der Waals surface area contributed by atoms with E-state index in [9.17, 15) is 9.59 Å². The Balaban J connectivity index is 1.49. The summed E-state index contributed by atoms with van der Waals surface area (Å²) in [5, 5.41) is 5.88. The quantitative estimate of drug-likeness (QED) is 0.732. The van der Waals surface area contributed by atoms with Crippen LogP contribution in [0.25, 0.3) is 0 Å². The number of amides is 2. The summed E-state index contributed by atoms with van der Waals surface area (Å²) in [5.74, 6) is 1.11. The van der Waals surface area contributed by atoms with Crippen LogP contribution in [0.1, 0.15) is 29.7 Å². The van der Waals surface area contributed by atoms with E-state index in [1.165, 1.54) is 0 Å². The SMILES string of the molecule is Cc1cccc(NC(=O)CN(C)CC(=O)N[C@@H](C)c2ccc3c(c2)OCCO3)c1C. The van der Waals surface area contributed by atoms with E-state index < -0.39 is 0 Å². The Morgan fingerprint density at radius 3 is 2.50 bits per heavy atom. The number of fused-ring (bicyclic) bond motifs is 1. The zero-order chi connectivity index (χ0) is 21.7. The largest absolute Gasteiger partial charge is 0.486 e. The van der Waals surface area contributed by atoms with Crippen molar-refractivity contribution in [2.75, 3.05) is 38.7 Å². The second kappa shape index (κ2) is 9.63. The highest BCUT2D eigenvalue weighted by Gasteiger charge is 2.17. The molecule has 2 N–H and O–H groups in total. The Hall–Kier alpha value is -3.06. The highest BCUT2D eigenvalue weighted by atomic mass is 16.6. The summed E-state index contributed by atoms with van der Waals surface area (Å²) in [6.07, 6.45) is 0. The zero-order valence-electron chi connectivity index (χ0n) is 18.0. The minimum absolute atomic E-state index is 0.120. The van der Waals surface area contributed by atoms with Crippen LogP contribution in [0.2, 0.25) is 0 Å². The van der Waals surface area contributed by atoms with E-state index in [0.29, 0.717) is 19.0 Å². The number of nitrogens with one attached hydrogen (secondary N) is 2. The van der Waals surface area contributed by atoms with E-state index >= 15 is 0 Å². The van der Waals surface area contributed by atoms with Crippen LogP contribution >= 0.6 is 0 Å². The summed E-state index contributed by atoms with van der Waals surface area (Å²) < 4.78 is 11.1. The first kappa shape index (κ1) is 21.6. The summed E-state index contributed by atoms with van der Waals surface area (Å²) in [6.45, 7) is 7.20. The topological polar surface area (TPSA) is 79.9 Å². The number of carbonyl (C=O) groups is 2. The number of anilines is 1. The van der Waals surface area contributed by atoms with Crippen LogP contribution in [0.4, 0.5) is 5.69 Å². The van der Waals surface area contributed by atoms with Gasteiger partial charge < -0.3 is 20.1 Å². The van der Waals surface area contributed by atoms with Gasteiger partial charge in [-0.2, -0.15) is 0 Å². The molecule has 0 saturated carbocycles. The van der Waals surface area contributed by atoms with Crippen molar-refractivity contribution in [1.82, 2.24) is 10.2 Å². The Bertz CT molecular complexity index is 929. The summed E-state index contributed by atoms with van der Waals surface area (Å²) in [4.78, 5) is 26.4. The van der Waals surface area contributed by atoms with Crippen LogP contribution in [0, 0.1) is 13.8 Å². The van der Waals surface area contributed by atoms with E-state index in [0.717, 1.165) is 28.1 Å². The maximum Gasteiger partial charge on any atom is 0.238 e. The number of hydrogen-bond donors (Lipinski definition) is 2. The Labute approximate surface area is 177 Å². The second-order valence-electron chi connectivity index (χ2n) is 7.66. The molecule has 7 nitrogen and oxygen atoms in total. The molecule has 0 spiro atoms. The van der Waals surface area contributed by atoms with Gasteiger partial charge in [0.1, 0.15) is 13.2 Å². The van der Waals surface area contributed by atoms with Gasteiger partial charge in [0.15, 0.2) is 11.5 Å². The minimum Gasteiger partial charge on any atom is -0.486 e. The number of ether oxygens (including phenoxy) is 2. The first-order valence-corrected chi connectivity index (χ1v) is 10.1. The van der Waals surface area contributed by atoms with E-state index in [4.69, 9.17) is 9.47 Å². The lowest BCUT2D eigenvalue weighted by atomic mass is 10.1. The lowest BCUT2D eigenvalue weighted by Gasteiger charge is -2.22. The van der Waals surface area contributed by atoms with Crippen molar-refractivity contribution < 1.29 is 19.1 Å². The summed E-state index contributed by atoms with van der Waals surface area (Å²) in [5.41, 5.74) is 3.89. The molecule has 0 aromatic heterocycles. The third-order valence-electron chi connectivity index (χ3n) is 5.15. The highest BCUT2D eigenvalue weighted by molar-refractivity contribution is 5.93. The van der Waals surface area contributed by atoms with E-state index in [1.807, 2.05) is 57.2 Å². The molecule has 30 heavy (non-hydrogen) atoms. The maximum atomic E-state index is 12.4. The van der Waals surface area contributed by atoms with Crippen molar-refractivity contribution >= 4 is 17.5 Å². The average molecular weight is 412 g/mol. The molecule has 160 valence electrons. The normalized spacial score (nSPS) is 13.6. The Morgan fingerprint density at radius 1 is 1.03 bits per heavy atom. The summed E-state index contributed by atoms with van der Waals surface area (Å²) in [7, 11) is 1.75. The van der Waals surface area contributed by atoms with Crippen molar-refractivity contribution in [2.45, 2.75) is 26.8 Å². The van der Waals surface area contributed by atoms with Gasteiger partial charge >= 0.3 is 0 Å². The molecule has 0 unspecified atom stereocenters. The Morgan fingerprint density at radius 2 is 1.73 bits per heavy atom. The highest BCUT2D eigenvalue weighted by Crippen LogP contribution is 2.32. The first-order chi connectivity index (χ1) is 14.3. The van der Waals surface area contributed by atoms with Crippen molar-refractivity contribution in [3.8, 4) is 11.5 Å². The fraction of sp³-hybridized carbons (Fsp3) is 0.391. The number of nitrogens with zero attached hydrogens (tertiary/aromatic N) is 1. The predicted octanol–water partition coefficient (Wildman–Crippen LogP) is 2.82. The molecular formula is C23H29N3O4. The van der Waals surface area contributed by atoms with Crippen LogP contribution in [-0.4, -0.2) is 50.1 Å². The number of likely N-dealkylation sites (N-methyl/N-ethyl adjacent to an activating group) is 1. The smallest absolute Gasteiger partial charge is 0.238 e. The molecule has 7 heteroatoms. The van der Waals surface area contributed by atoms with Gasteiger partial charge in [0.25, 0.3) is 0 Å². The van der Waals surface area contributed by atoms with Gasteiger partial charge in [-0.15, -0.1) is 0 Å². The van der Waals surface area contributed by atoms with Crippen molar-refractivity contribution in [1.29, 1.82) is 0 Å². The van der Waals surface area contributed by atoms with Crippen molar-refractivity contribution in [3.05, 3.63) is 53.1 Å². The number of hydrogen-bond acceptors (Lipinski definition) is 5. The fourth-order valence-corrected chi connectivity index (χ4v) is 3.32. The molecule has 2 aromatic rings. The van der Waals surface area contributed by atoms with Gasteiger partial charge in [0.2, 0.25) is 11.8 Å². The molecule has 0 saturated heterocycles. The first-order valence-electron chi connectivity index (χ1n) is 10.1. The molecule has 2 amide bonds. The average Bonchev–Trinajstić information content (AvgIpc) is 2.70. The van der Waals surface area contributed by atoms with Gasteiger partial charge in [-0.3, -0.25) is 14.5 Å². The maximum absolute atomic E-state index is 12.4. The van der Waals surface area contributed by atoms with Crippen LogP contribution in [0.3, 0.4) is 0 Å². The van der Waals surface area contributed by atoms with Crippen LogP contribution in [-0.2, 0) is 9.59 Å². The molecule has 2 aromatic carbocycles. The monoisotopic (exact) mass is 411 g/mol. The minimum atomic E-state index is -0.189. The van der Waals surface area contributed by atoms with Gasteiger partial charge in [-0.05, 0) is 62.7 Å². The van der Waals surface area contributed by atoms with Gasteiger partial charge in [-0.25, -0.2) is 0 Å². The summed E-state index contributed by atoms with van der Waals surface area (Å²) in [6, 6.07) is 11.3. The van der Waals surface area contributed by atoms with E-state index in [2.05, 4.69) is 10.6 Å². The molecule has 0 radical (unpaired) electrons. The number of rotatable bonds is 7. The third-order valence-corrected chi connectivity index (χ3v) is 5.15. The van der Waals surface area contributed by atoms with E-state index in [-0.39, 0.29) is 30.9 Å². The zero-order valence-corrected chi connectivity index (χ0v) is 18.0. The Kier molecular flexibility index (Phi) is 6.95. The molecule has 1 heterocycles. The number of benzene rings is 2. The molecular weight excluding hydrogens is 382 g/mol. The van der Waals surface area contributed by atoms with Gasteiger partial charge in [0.05, 0.1) is 19.1 Å². The molecule has 1 aliphatic heterocycles. The molecule has 1 atom stereocenters. The van der Waals surface area contributed by atoms with Gasteiger partial charge in [0, 0.05) is 5.69 Å². The van der Waals surface area contributed by atoms with Crippen molar-refractivity contribution in [2.24, 2.45) is 0 Å². The van der Waals surface area contributed by atoms with Crippen molar-refractivity contribution in [3.63, 3.8) is 0 Å². The summed E-state index contributed by atoms with van der Waals surface area (Å²) >= 11 is 0. The lowest BCUT2D eigenvalue weighted by Crippen LogP contribution is -2.39. The molecule has 1 aliphatic rings. The standard InChI is InChI=1S/C23H29N3O4/c1-15-6-5-7-19(16(15)2)25-23(28)14-26(4)13-22(27)24-17(3)18-8-9-20-21(12-18)30-11-10-29-20/h5-9,12,17H,10-11,13-14H2,1-4H3,(H,24,27)(H,25,28)/t17-/m0/s1. The van der Waals surface area contributed by atoms with Crippen LogP contribution in [0.5, 0.6) is 11.5 Å². The third kappa shape index (κ3) is 5.51. The van der Waals surface area contributed by atoms with Gasteiger partial charge in [-0.1, -0.05) is 18.2 Å². The number of carbonyl (C=O) groups excluding carboxylic acids is 2. The molecule has 0 bridgehead atoms. The number of aryl methyl sites for hydroxylation is 1.